The van der Waals surface area contributed by atoms with Gasteiger partial charge in [0.2, 0.25) is 0 Å². The molecule has 0 radical (unpaired) electrons. The number of allylic oxidation sites excluding steroid dienone is 1. The van der Waals surface area contributed by atoms with Crippen LogP contribution in [0.25, 0.3) is 16.8 Å². The molecule has 148 valence electrons. The molecular weight excluding hydrogens is 425 g/mol. The molecular formula is C22H19Cl2N3OS. The minimum absolute atomic E-state index is 0.443. The van der Waals surface area contributed by atoms with Gasteiger partial charge in [-0.15, -0.1) is 11.3 Å². The fourth-order valence-electron chi connectivity index (χ4n) is 2.49. The molecule has 0 amide bonds. The van der Waals surface area contributed by atoms with E-state index < -0.39 is 0 Å². The van der Waals surface area contributed by atoms with Crippen LogP contribution < -0.4 is 10.1 Å². The van der Waals surface area contributed by atoms with Gasteiger partial charge in [0.05, 0.1) is 22.3 Å². The van der Waals surface area contributed by atoms with Crippen LogP contribution >= 0.6 is 34.5 Å². The minimum atomic E-state index is 0.443. The third-order valence-electron chi connectivity index (χ3n) is 4.05. The Morgan fingerprint density at radius 2 is 2.10 bits per heavy atom. The Kier molecular flexibility index (Phi) is 7.54. The number of nitrogens with one attached hydrogen (secondary N) is 1. The van der Waals surface area contributed by atoms with E-state index in [0.29, 0.717) is 27.2 Å². The molecule has 0 saturated heterocycles. The number of ether oxygens (including phenoxy) is 1. The van der Waals surface area contributed by atoms with E-state index in [0.717, 1.165) is 35.5 Å². The molecule has 0 aliphatic heterocycles. The second kappa shape index (κ2) is 10.3. The van der Waals surface area contributed by atoms with E-state index in [1.54, 1.807) is 18.3 Å². The van der Waals surface area contributed by atoms with Crippen molar-refractivity contribution in [3.63, 3.8) is 0 Å². The SMILES string of the molecule is CCCCOc1cccc(NC=C(C#N)c2nc(-c3ccc(Cl)c(Cl)c3)cs2)c1. The molecule has 0 atom stereocenters. The molecule has 0 spiro atoms. The lowest BCUT2D eigenvalue weighted by molar-refractivity contribution is 0.309. The van der Waals surface area contributed by atoms with Crippen molar-refractivity contribution in [1.29, 1.82) is 5.26 Å². The molecule has 1 aromatic heterocycles. The van der Waals surface area contributed by atoms with Crippen LogP contribution in [0.4, 0.5) is 5.69 Å². The fourth-order valence-corrected chi connectivity index (χ4v) is 3.59. The summed E-state index contributed by atoms with van der Waals surface area (Å²) in [5, 5.41) is 16.2. The van der Waals surface area contributed by atoms with E-state index in [2.05, 4.69) is 23.3 Å². The normalized spacial score (nSPS) is 11.2. The van der Waals surface area contributed by atoms with Gasteiger partial charge in [-0.25, -0.2) is 4.98 Å². The highest BCUT2D eigenvalue weighted by atomic mass is 35.5. The number of nitriles is 1. The number of hydrogen-bond donors (Lipinski definition) is 1. The van der Waals surface area contributed by atoms with Gasteiger partial charge in [0.25, 0.3) is 0 Å². The Labute approximate surface area is 184 Å². The summed E-state index contributed by atoms with van der Waals surface area (Å²) in [6, 6.07) is 15.2. The summed E-state index contributed by atoms with van der Waals surface area (Å²) in [5.41, 5.74) is 2.88. The monoisotopic (exact) mass is 443 g/mol. The van der Waals surface area contributed by atoms with Crippen LogP contribution in [0.15, 0.2) is 54.0 Å². The number of rotatable bonds is 8. The van der Waals surface area contributed by atoms with Crippen molar-refractivity contribution in [3.05, 3.63) is 69.1 Å². The average Bonchev–Trinajstić information content (AvgIpc) is 3.21. The maximum Gasteiger partial charge on any atom is 0.136 e. The maximum absolute atomic E-state index is 9.56. The van der Waals surface area contributed by atoms with E-state index in [4.69, 9.17) is 27.9 Å². The lowest BCUT2D eigenvalue weighted by Gasteiger charge is -2.07. The number of thiazole rings is 1. The second-order valence-electron chi connectivity index (χ2n) is 6.21. The smallest absolute Gasteiger partial charge is 0.136 e. The van der Waals surface area contributed by atoms with Crippen molar-refractivity contribution in [1.82, 2.24) is 4.98 Å². The molecule has 7 heteroatoms. The van der Waals surface area contributed by atoms with Gasteiger partial charge in [0.1, 0.15) is 22.4 Å². The number of unbranched alkanes of at least 4 members (excludes halogenated alkanes) is 1. The van der Waals surface area contributed by atoms with Gasteiger partial charge in [-0.05, 0) is 30.7 Å². The fraction of sp³-hybridized carbons (Fsp3) is 0.182. The summed E-state index contributed by atoms with van der Waals surface area (Å²) >= 11 is 13.5. The summed E-state index contributed by atoms with van der Waals surface area (Å²) < 4.78 is 5.72. The van der Waals surface area contributed by atoms with Crippen molar-refractivity contribution >= 4 is 45.8 Å². The Bertz CT molecular complexity index is 1060. The molecule has 29 heavy (non-hydrogen) atoms. The van der Waals surface area contributed by atoms with Gasteiger partial charge in [-0.1, -0.05) is 48.7 Å². The Balaban J connectivity index is 1.74. The Morgan fingerprint density at radius 1 is 1.24 bits per heavy atom. The summed E-state index contributed by atoms with van der Waals surface area (Å²) in [6.45, 7) is 2.82. The third kappa shape index (κ3) is 5.74. The van der Waals surface area contributed by atoms with Crippen molar-refractivity contribution in [3.8, 4) is 23.1 Å². The van der Waals surface area contributed by atoms with Crippen LogP contribution in [0.2, 0.25) is 10.0 Å². The van der Waals surface area contributed by atoms with Gasteiger partial charge in [0, 0.05) is 28.9 Å². The summed E-state index contributed by atoms with van der Waals surface area (Å²) in [5.74, 6) is 0.798. The topological polar surface area (TPSA) is 57.9 Å². The number of nitrogens with zero attached hydrogens (tertiary/aromatic N) is 2. The summed E-state index contributed by atoms with van der Waals surface area (Å²) in [6.07, 6.45) is 3.76. The third-order valence-corrected chi connectivity index (χ3v) is 5.67. The highest BCUT2D eigenvalue weighted by molar-refractivity contribution is 7.11. The van der Waals surface area contributed by atoms with Gasteiger partial charge in [-0.3, -0.25) is 0 Å². The molecule has 0 bridgehead atoms. The second-order valence-corrected chi connectivity index (χ2v) is 7.88. The molecule has 0 aliphatic carbocycles. The van der Waals surface area contributed by atoms with Crippen LogP contribution in [0.3, 0.4) is 0 Å². The molecule has 1 N–H and O–H groups in total. The average molecular weight is 444 g/mol. The van der Waals surface area contributed by atoms with Crippen molar-refractivity contribution < 1.29 is 4.74 Å². The van der Waals surface area contributed by atoms with E-state index in [1.165, 1.54) is 11.3 Å². The molecule has 0 fully saturated rings. The lowest BCUT2D eigenvalue weighted by atomic mass is 10.2. The van der Waals surface area contributed by atoms with Crippen molar-refractivity contribution in [2.45, 2.75) is 19.8 Å². The molecule has 0 unspecified atom stereocenters. The number of hydrogen-bond acceptors (Lipinski definition) is 5. The molecule has 3 rings (SSSR count). The molecule has 0 aliphatic rings. The molecule has 2 aromatic carbocycles. The number of anilines is 1. The van der Waals surface area contributed by atoms with Crippen molar-refractivity contribution in [2.24, 2.45) is 0 Å². The van der Waals surface area contributed by atoms with E-state index >= 15 is 0 Å². The largest absolute Gasteiger partial charge is 0.494 e. The molecule has 3 aromatic rings. The number of halogens is 2. The molecule has 1 heterocycles. The molecule has 0 saturated carbocycles. The zero-order valence-corrected chi connectivity index (χ0v) is 18.1. The van der Waals surface area contributed by atoms with Crippen LogP contribution in [0.5, 0.6) is 5.75 Å². The molecule has 4 nitrogen and oxygen atoms in total. The summed E-state index contributed by atoms with van der Waals surface area (Å²) in [7, 11) is 0. The van der Waals surface area contributed by atoms with E-state index in [-0.39, 0.29) is 0 Å². The van der Waals surface area contributed by atoms with Crippen molar-refractivity contribution in [2.75, 3.05) is 11.9 Å². The lowest BCUT2D eigenvalue weighted by Crippen LogP contribution is -1.97. The highest BCUT2D eigenvalue weighted by Gasteiger charge is 2.10. The van der Waals surface area contributed by atoms with Crippen LogP contribution in [0, 0.1) is 11.3 Å². The first-order chi connectivity index (χ1) is 14.1. The predicted octanol–water partition coefficient (Wildman–Crippen LogP) is 7.27. The quantitative estimate of drug-likeness (QED) is 0.293. The Morgan fingerprint density at radius 3 is 2.86 bits per heavy atom. The van der Waals surface area contributed by atoms with Crippen LogP contribution in [-0.2, 0) is 0 Å². The van der Waals surface area contributed by atoms with Gasteiger partial charge >= 0.3 is 0 Å². The highest BCUT2D eigenvalue weighted by Crippen LogP contribution is 2.31. The van der Waals surface area contributed by atoms with E-state index in [9.17, 15) is 5.26 Å². The van der Waals surface area contributed by atoms with Gasteiger partial charge < -0.3 is 10.1 Å². The predicted molar refractivity (Wildman–Crippen MR) is 122 cm³/mol. The van der Waals surface area contributed by atoms with E-state index in [1.807, 2.05) is 35.7 Å². The van der Waals surface area contributed by atoms with Gasteiger partial charge in [0.15, 0.2) is 0 Å². The zero-order valence-electron chi connectivity index (χ0n) is 15.8. The minimum Gasteiger partial charge on any atom is -0.494 e. The zero-order chi connectivity index (χ0) is 20.6. The van der Waals surface area contributed by atoms with Crippen LogP contribution in [-0.4, -0.2) is 11.6 Å². The van der Waals surface area contributed by atoms with Gasteiger partial charge in [-0.2, -0.15) is 5.26 Å². The first kappa shape index (κ1) is 21.2. The number of aromatic nitrogens is 1. The summed E-state index contributed by atoms with van der Waals surface area (Å²) in [4.78, 5) is 4.56. The standard InChI is InChI=1S/C22H19Cl2N3OS/c1-2-3-9-28-18-6-4-5-17(11-18)26-13-16(12-25)22-27-21(14-29-22)15-7-8-19(23)20(24)10-15/h4-8,10-11,13-14,26H,2-3,9H2,1H3. The first-order valence-electron chi connectivity index (χ1n) is 9.11. The van der Waals surface area contributed by atoms with Crippen LogP contribution in [0.1, 0.15) is 24.8 Å². The number of benzene rings is 2. The maximum atomic E-state index is 9.56. The Hall–Kier alpha value is -2.52. The first-order valence-corrected chi connectivity index (χ1v) is 10.7.